The third-order valence-corrected chi connectivity index (χ3v) is 7.49. The van der Waals surface area contributed by atoms with E-state index in [0.717, 1.165) is 31.6 Å². The van der Waals surface area contributed by atoms with Crippen molar-refractivity contribution in [2.45, 2.75) is 103 Å². The number of ether oxygens (including phenoxy) is 1. The van der Waals surface area contributed by atoms with Crippen molar-refractivity contribution in [1.82, 2.24) is 0 Å². The van der Waals surface area contributed by atoms with Gasteiger partial charge in [-0.05, 0) is 30.7 Å². The van der Waals surface area contributed by atoms with Crippen LogP contribution in [0.15, 0.2) is 24.3 Å². The van der Waals surface area contributed by atoms with Crippen LogP contribution in [0.4, 0.5) is 0 Å². The average Bonchev–Trinajstić information content (AvgIpc) is 2.81. The summed E-state index contributed by atoms with van der Waals surface area (Å²) < 4.78 is 28.4. The second kappa shape index (κ2) is 19.2. The number of methoxy groups -OCH3 is 1. The van der Waals surface area contributed by atoms with Gasteiger partial charge in [-0.15, -0.1) is 0 Å². The number of benzene rings is 1. The fourth-order valence-corrected chi connectivity index (χ4v) is 4.97. The number of rotatable bonds is 23. The number of nitrogens with zero attached hydrogens (tertiary/aromatic N) is 1. The van der Waals surface area contributed by atoms with Gasteiger partial charge in [-0.3, -0.25) is 9.05 Å². The van der Waals surface area contributed by atoms with Gasteiger partial charge in [-0.25, -0.2) is 4.57 Å². The minimum Gasteiger partial charge on any atom is -0.497 e. The molecule has 0 bridgehead atoms. The molecule has 0 aliphatic heterocycles. The van der Waals surface area contributed by atoms with Crippen molar-refractivity contribution in [1.29, 1.82) is 0 Å². The van der Waals surface area contributed by atoms with Gasteiger partial charge in [0.2, 0.25) is 0 Å². The quantitative estimate of drug-likeness (QED) is 0.0914. The molecule has 0 saturated carbocycles. The van der Waals surface area contributed by atoms with E-state index in [0.29, 0.717) is 11.0 Å². The van der Waals surface area contributed by atoms with Crippen LogP contribution in [0.5, 0.6) is 5.75 Å². The van der Waals surface area contributed by atoms with E-state index in [1.807, 2.05) is 24.3 Å². The minimum atomic E-state index is -3.98. The van der Waals surface area contributed by atoms with Crippen molar-refractivity contribution in [2.24, 2.45) is 0 Å². The average molecular weight is 515 g/mol. The Morgan fingerprint density at radius 3 is 1.69 bits per heavy atom. The molecular weight excluding hydrogens is 461 g/mol. The summed E-state index contributed by atoms with van der Waals surface area (Å²) in [7, 11) is 1.82. The Hall–Kier alpha value is -0.910. The van der Waals surface area contributed by atoms with Gasteiger partial charge in [0.15, 0.2) is 0 Å². The molecule has 0 radical (unpaired) electrons. The molecule has 1 N–H and O–H groups in total. The van der Waals surface area contributed by atoms with Crippen molar-refractivity contribution in [2.75, 3.05) is 41.0 Å². The molecule has 204 valence electrons. The smallest absolute Gasteiger partial charge is 0.472 e. The number of hydrogen-bond acceptors (Lipinski definition) is 4. The van der Waals surface area contributed by atoms with E-state index in [1.165, 1.54) is 76.2 Å². The maximum atomic E-state index is 12.2. The molecule has 1 unspecified atom stereocenters. The molecule has 0 aromatic heterocycles. The third kappa shape index (κ3) is 18.1. The Morgan fingerprint density at radius 2 is 1.20 bits per heavy atom. The summed E-state index contributed by atoms with van der Waals surface area (Å²) in [6.07, 6.45) is 17.9. The van der Waals surface area contributed by atoms with E-state index < -0.39 is 7.82 Å². The zero-order valence-corrected chi connectivity index (χ0v) is 23.9. The first-order valence-electron chi connectivity index (χ1n) is 13.8. The standard InChI is InChI=1S/C28H52NO5P/c1-5-6-7-8-9-10-11-12-13-14-15-16-17-18-24-33-35(30,31)34-25-23-29(2,3)26-27-19-21-28(32-4)22-20-27/h19-22H,5-18,23-26H2,1-4H3/p+1. The van der Waals surface area contributed by atoms with Gasteiger partial charge in [0, 0.05) is 5.56 Å². The Morgan fingerprint density at radius 1 is 0.743 bits per heavy atom. The third-order valence-electron chi connectivity index (χ3n) is 6.47. The van der Waals surface area contributed by atoms with Crippen LogP contribution in [-0.2, 0) is 20.2 Å². The largest absolute Gasteiger partial charge is 0.497 e. The molecule has 0 saturated heterocycles. The highest BCUT2D eigenvalue weighted by molar-refractivity contribution is 7.47. The fourth-order valence-electron chi connectivity index (χ4n) is 4.22. The number of phosphoric acid groups is 1. The molecule has 7 heteroatoms. The van der Waals surface area contributed by atoms with Crippen LogP contribution < -0.4 is 4.74 Å². The lowest BCUT2D eigenvalue weighted by Crippen LogP contribution is -2.41. The number of likely N-dealkylation sites (N-methyl/N-ethyl adjacent to an activating group) is 1. The van der Waals surface area contributed by atoms with Crippen molar-refractivity contribution < 1.29 is 27.7 Å². The topological polar surface area (TPSA) is 65.0 Å². The van der Waals surface area contributed by atoms with E-state index >= 15 is 0 Å². The van der Waals surface area contributed by atoms with Gasteiger partial charge >= 0.3 is 7.82 Å². The molecule has 6 nitrogen and oxygen atoms in total. The molecule has 0 aliphatic carbocycles. The SMILES string of the molecule is CCCCCCCCCCCCCCCCOP(=O)(O)OCC[N+](C)(C)Cc1ccc(OC)cc1. The molecule has 0 heterocycles. The van der Waals surface area contributed by atoms with Crippen LogP contribution in [0.2, 0.25) is 0 Å². The van der Waals surface area contributed by atoms with Crippen molar-refractivity contribution in [3.8, 4) is 5.75 Å². The van der Waals surface area contributed by atoms with Gasteiger partial charge in [-0.2, -0.15) is 0 Å². The summed E-state index contributed by atoms with van der Waals surface area (Å²) in [4.78, 5) is 9.95. The summed E-state index contributed by atoms with van der Waals surface area (Å²) in [5.41, 5.74) is 1.18. The van der Waals surface area contributed by atoms with Gasteiger partial charge in [-0.1, -0.05) is 90.4 Å². The molecular formula is C28H53NO5P+. The Balaban J connectivity index is 2.00. The molecule has 0 fully saturated rings. The maximum Gasteiger partial charge on any atom is 0.472 e. The van der Waals surface area contributed by atoms with Crippen LogP contribution in [0.25, 0.3) is 0 Å². The van der Waals surface area contributed by atoms with E-state index in [2.05, 4.69) is 21.0 Å². The lowest BCUT2D eigenvalue weighted by atomic mass is 10.0. The van der Waals surface area contributed by atoms with E-state index in [4.69, 9.17) is 13.8 Å². The minimum absolute atomic E-state index is 0.176. The molecule has 0 aliphatic rings. The predicted molar refractivity (Wildman–Crippen MR) is 146 cm³/mol. The number of unbranched alkanes of at least 4 members (excludes halogenated alkanes) is 13. The second-order valence-electron chi connectivity index (χ2n) is 10.4. The molecule has 35 heavy (non-hydrogen) atoms. The van der Waals surface area contributed by atoms with Gasteiger partial charge < -0.3 is 14.1 Å². The number of phosphoric ester groups is 1. The Bertz CT molecular complexity index is 680. The lowest BCUT2D eigenvalue weighted by molar-refractivity contribution is -0.903. The highest BCUT2D eigenvalue weighted by Crippen LogP contribution is 2.43. The van der Waals surface area contributed by atoms with Crippen molar-refractivity contribution >= 4 is 7.82 Å². The van der Waals surface area contributed by atoms with Crippen LogP contribution in [0, 0.1) is 0 Å². The van der Waals surface area contributed by atoms with Crippen molar-refractivity contribution in [3.05, 3.63) is 29.8 Å². The zero-order valence-electron chi connectivity index (χ0n) is 23.0. The Kier molecular flexibility index (Phi) is 17.7. The summed E-state index contributed by atoms with van der Waals surface area (Å²) in [6.45, 7) is 4.12. The summed E-state index contributed by atoms with van der Waals surface area (Å²) in [5.74, 6) is 0.833. The fraction of sp³-hybridized carbons (Fsp3) is 0.786. The monoisotopic (exact) mass is 514 g/mol. The summed E-state index contributed by atoms with van der Waals surface area (Å²) in [6, 6.07) is 7.96. The lowest BCUT2D eigenvalue weighted by Gasteiger charge is -2.30. The van der Waals surface area contributed by atoms with Crippen LogP contribution in [0.3, 0.4) is 0 Å². The molecule has 1 aromatic rings. The summed E-state index contributed by atoms with van der Waals surface area (Å²) >= 11 is 0. The highest BCUT2D eigenvalue weighted by atomic mass is 31.2. The van der Waals surface area contributed by atoms with Crippen LogP contribution in [0.1, 0.15) is 102 Å². The van der Waals surface area contributed by atoms with Crippen LogP contribution in [-0.4, -0.2) is 50.3 Å². The highest BCUT2D eigenvalue weighted by Gasteiger charge is 2.23. The molecule has 1 rings (SSSR count). The maximum absolute atomic E-state index is 12.2. The van der Waals surface area contributed by atoms with Gasteiger partial charge in [0.25, 0.3) is 0 Å². The number of hydrogen-bond donors (Lipinski definition) is 1. The van der Waals surface area contributed by atoms with Gasteiger partial charge in [0.05, 0.1) is 27.8 Å². The first-order chi connectivity index (χ1) is 16.8. The first kappa shape index (κ1) is 32.1. The molecule has 0 amide bonds. The van der Waals surface area contributed by atoms with E-state index in [-0.39, 0.29) is 13.2 Å². The Labute approximate surface area is 215 Å². The van der Waals surface area contributed by atoms with E-state index in [9.17, 15) is 9.46 Å². The summed E-state index contributed by atoms with van der Waals surface area (Å²) in [5, 5.41) is 0. The molecule has 0 spiro atoms. The second-order valence-corrected chi connectivity index (χ2v) is 11.9. The zero-order chi connectivity index (χ0) is 25.8. The van der Waals surface area contributed by atoms with Gasteiger partial charge in [0.1, 0.15) is 25.4 Å². The van der Waals surface area contributed by atoms with E-state index in [1.54, 1.807) is 7.11 Å². The molecule has 1 aromatic carbocycles. The van der Waals surface area contributed by atoms with Crippen LogP contribution >= 0.6 is 7.82 Å². The molecule has 1 atom stereocenters. The number of quaternary nitrogens is 1. The first-order valence-corrected chi connectivity index (χ1v) is 15.3. The predicted octanol–water partition coefficient (Wildman–Crippen LogP) is 7.89. The van der Waals surface area contributed by atoms with Crippen molar-refractivity contribution in [3.63, 3.8) is 0 Å². The normalized spacial score (nSPS) is 13.6.